The van der Waals surface area contributed by atoms with Crippen LogP contribution in [0.3, 0.4) is 0 Å². The molecule has 1 aliphatic rings. The van der Waals surface area contributed by atoms with Gasteiger partial charge in [-0.15, -0.1) is 0 Å². The number of halogens is 1. The van der Waals surface area contributed by atoms with Gasteiger partial charge in [-0.05, 0) is 0 Å². The van der Waals surface area contributed by atoms with Crippen LogP contribution in [0.4, 0.5) is 5.69 Å². The first-order valence-electron chi connectivity index (χ1n) is 3.81. The zero-order valence-electron chi connectivity index (χ0n) is 6.74. The summed E-state index contributed by atoms with van der Waals surface area (Å²) in [4.78, 5) is 11.4. The maximum Gasteiger partial charge on any atom is 0.287 e. The highest BCUT2D eigenvalue weighted by molar-refractivity contribution is 6.32. The van der Waals surface area contributed by atoms with Crippen LogP contribution in [0.1, 0.15) is 0 Å². The number of aromatic nitrogens is 2. The van der Waals surface area contributed by atoms with Gasteiger partial charge in [0, 0.05) is 0 Å². The summed E-state index contributed by atoms with van der Waals surface area (Å²) < 4.78 is 6.22. The molecule has 2 rings (SSSR count). The van der Waals surface area contributed by atoms with Gasteiger partial charge < -0.3 is 10.5 Å². The zero-order valence-corrected chi connectivity index (χ0v) is 7.49. The number of nitrogens with zero attached hydrogens (tertiary/aromatic N) is 2. The molecule has 0 aliphatic carbocycles. The lowest BCUT2D eigenvalue weighted by Crippen LogP contribution is -2.26. The summed E-state index contributed by atoms with van der Waals surface area (Å²) in [5.41, 5.74) is 5.24. The molecule has 6 heteroatoms. The monoisotopic (exact) mass is 201 g/mol. The van der Waals surface area contributed by atoms with Gasteiger partial charge >= 0.3 is 0 Å². The van der Waals surface area contributed by atoms with E-state index in [9.17, 15) is 4.79 Å². The van der Waals surface area contributed by atoms with E-state index >= 15 is 0 Å². The number of hydrogen-bond donors (Lipinski definition) is 1. The molecule has 0 bridgehead atoms. The van der Waals surface area contributed by atoms with E-state index in [1.165, 1.54) is 10.9 Å². The Morgan fingerprint density at radius 3 is 3.15 bits per heavy atom. The SMILES string of the molecule is Nc1cnn(CC2CO2)c(=O)c1Cl. The van der Waals surface area contributed by atoms with Crippen LogP contribution in [-0.4, -0.2) is 22.5 Å². The quantitative estimate of drug-likeness (QED) is 0.677. The van der Waals surface area contributed by atoms with E-state index in [0.717, 1.165) is 0 Å². The number of nitrogens with two attached hydrogens (primary N) is 1. The summed E-state index contributed by atoms with van der Waals surface area (Å²) in [7, 11) is 0. The van der Waals surface area contributed by atoms with Gasteiger partial charge in [0.25, 0.3) is 5.56 Å². The molecule has 1 aromatic heterocycles. The Morgan fingerprint density at radius 1 is 1.85 bits per heavy atom. The molecule has 1 aromatic rings. The van der Waals surface area contributed by atoms with Gasteiger partial charge in [0.05, 0.1) is 25.0 Å². The third-order valence-corrected chi connectivity index (χ3v) is 2.17. The van der Waals surface area contributed by atoms with Crippen LogP contribution in [0.25, 0.3) is 0 Å². The Hall–Kier alpha value is -1.07. The Morgan fingerprint density at radius 2 is 2.54 bits per heavy atom. The van der Waals surface area contributed by atoms with Crippen LogP contribution in [-0.2, 0) is 11.3 Å². The Balaban J connectivity index is 2.35. The van der Waals surface area contributed by atoms with Crippen molar-refractivity contribution in [2.45, 2.75) is 12.6 Å². The van der Waals surface area contributed by atoms with Gasteiger partial charge in [0.2, 0.25) is 0 Å². The molecule has 0 amide bonds. The fourth-order valence-corrected chi connectivity index (χ4v) is 1.12. The molecular weight excluding hydrogens is 194 g/mol. The number of ether oxygens (including phenoxy) is 1. The molecule has 0 spiro atoms. The van der Waals surface area contributed by atoms with E-state index in [-0.39, 0.29) is 22.4 Å². The fraction of sp³-hybridized carbons (Fsp3) is 0.429. The van der Waals surface area contributed by atoms with Crippen molar-refractivity contribution in [3.63, 3.8) is 0 Å². The standard InChI is InChI=1S/C7H8ClN3O2/c8-6-5(9)1-10-11(7(6)12)2-4-3-13-4/h1,4H,2-3,9H2. The van der Waals surface area contributed by atoms with E-state index in [1.54, 1.807) is 0 Å². The van der Waals surface area contributed by atoms with Crippen molar-refractivity contribution < 1.29 is 4.74 Å². The molecule has 1 aliphatic heterocycles. The third kappa shape index (κ3) is 1.66. The van der Waals surface area contributed by atoms with Crippen molar-refractivity contribution >= 4 is 17.3 Å². The van der Waals surface area contributed by atoms with E-state index in [2.05, 4.69) is 5.10 Å². The largest absolute Gasteiger partial charge is 0.396 e. The summed E-state index contributed by atoms with van der Waals surface area (Å²) in [6, 6.07) is 0. The first-order chi connectivity index (χ1) is 6.18. The summed E-state index contributed by atoms with van der Waals surface area (Å²) in [5, 5.41) is 3.86. The maximum atomic E-state index is 11.4. The van der Waals surface area contributed by atoms with Crippen LogP contribution in [0, 0.1) is 0 Å². The average molecular weight is 202 g/mol. The van der Waals surface area contributed by atoms with Crippen molar-refractivity contribution in [2.75, 3.05) is 12.3 Å². The van der Waals surface area contributed by atoms with Crippen LogP contribution in [0.2, 0.25) is 5.02 Å². The van der Waals surface area contributed by atoms with Crippen LogP contribution < -0.4 is 11.3 Å². The van der Waals surface area contributed by atoms with Gasteiger partial charge in [0.15, 0.2) is 0 Å². The molecule has 5 nitrogen and oxygen atoms in total. The second kappa shape index (κ2) is 3.01. The Kier molecular flexibility index (Phi) is 1.97. The summed E-state index contributed by atoms with van der Waals surface area (Å²) >= 11 is 5.65. The minimum atomic E-state index is -0.364. The molecular formula is C7H8ClN3O2. The highest BCUT2D eigenvalue weighted by Gasteiger charge is 2.24. The molecule has 1 atom stereocenters. The highest BCUT2D eigenvalue weighted by atomic mass is 35.5. The second-order valence-corrected chi connectivity index (χ2v) is 3.23. The molecule has 0 aromatic carbocycles. The van der Waals surface area contributed by atoms with Crippen LogP contribution >= 0.6 is 11.6 Å². The lowest BCUT2D eigenvalue weighted by atomic mass is 10.4. The van der Waals surface area contributed by atoms with Crippen molar-refractivity contribution in [2.24, 2.45) is 0 Å². The molecule has 1 unspecified atom stereocenters. The number of rotatable bonds is 2. The van der Waals surface area contributed by atoms with Crippen LogP contribution in [0.15, 0.2) is 11.0 Å². The predicted octanol–water partition coefficient (Wildman–Crippen LogP) is -0.122. The van der Waals surface area contributed by atoms with E-state index in [4.69, 9.17) is 22.1 Å². The number of anilines is 1. The second-order valence-electron chi connectivity index (χ2n) is 2.86. The topological polar surface area (TPSA) is 73.4 Å². The van der Waals surface area contributed by atoms with Gasteiger partial charge in [-0.25, -0.2) is 4.68 Å². The van der Waals surface area contributed by atoms with Crippen LogP contribution in [0.5, 0.6) is 0 Å². The first kappa shape index (κ1) is 8.52. The van der Waals surface area contributed by atoms with Gasteiger partial charge in [-0.2, -0.15) is 5.10 Å². The molecule has 1 saturated heterocycles. The third-order valence-electron chi connectivity index (χ3n) is 1.79. The lowest BCUT2D eigenvalue weighted by Gasteiger charge is -2.02. The fourth-order valence-electron chi connectivity index (χ4n) is 0.974. The highest BCUT2D eigenvalue weighted by Crippen LogP contribution is 2.13. The predicted molar refractivity (Wildman–Crippen MR) is 47.7 cm³/mol. The van der Waals surface area contributed by atoms with Crippen molar-refractivity contribution in [1.82, 2.24) is 9.78 Å². The zero-order chi connectivity index (χ0) is 9.42. The Bertz CT molecular complexity index is 386. The summed E-state index contributed by atoms with van der Waals surface area (Å²) in [6.07, 6.45) is 1.47. The number of epoxide rings is 1. The molecule has 2 heterocycles. The van der Waals surface area contributed by atoms with Crippen molar-refractivity contribution in [1.29, 1.82) is 0 Å². The molecule has 0 saturated carbocycles. The molecule has 2 N–H and O–H groups in total. The number of nitrogen functional groups attached to an aromatic ring is 1. The average Bonchev–Trinajstić information content (AvgIpc) is 2.90. The van der Waals surface area contributed by atoms with Crippen molar-refractivity contribution in [3.05, 3.63) is 21.6 Å². The first-order valence-corrected chi connectivity index (χ1v) is 4.19. The van der Waals surface area contributed by atoms with Crippen molar-refractivity contribution in [3.8, 4) is 0 Å². The smallest absolute Gasteiger partial charge is 0.287 e. The molecule has 70 valence electrons. The minimum Gasteiger partial charge on any atom is -0.396 e. The lowest BCUT2D eigenvalue weighted by molar-refractivity contribution is 0.368. The minimum absolute atomic E-state index is 0.0238. The molecule has 13 heavy (non-hydrogen) atoms. The van der Waals surface area contributed by atoms with E-state index < -0.39 is 0 Å². The van der Waals surface area contributed by atoms with Gasteiger partial charge in [-0.3, -0.25) is 4.79 Å². The molecule has 1 fully saturated rings. The maximum absolute atomic E-state index is 11.4. The molecule has 0 radical (unpaired) electrons. The van der Waals surface area contributed by atoms with Gasteiger partial charge in [0.1, 0.15) is 11.1 Å². The normalized spacial score (nSPS) is 20.2. The summed E-state index contributed by atoms with van der Waals surface area (Å²) in [6.45, 7) is 1.12. The van der Waals surface area contributed by atoms with E-state index in [1.807, 2.05) is 0 Å². The van der Waals surface area contributed by atoms with Gasteiger partial charge in [-0.1, -0.05) is 11.6 Å². The van der Waals surface area contributed by atoms with E-state index in [0.29, 0.717) is 13.2 Å². The Labute approximate surface area is 79.1 Å². The summed E-state index contributed by atoms with van der Waals surface area (Å²) in [5.74, 6) is 0. The number of hydrogen-bond acceptors (Lipinski definition) is 4.